The second-order valence-electron chi connectivity index (χ2n) is 7.24. The number of nitrogens with zero attached hydrogens (tertiary/aromatic N) is 2. The maximum absolute atomic E-state index is 12.7. The predicted molar refractivity (Wildman–Crippen MR) is 104 cm³/mol. The van der Waals surface area contributed by atoms with Crippen molar-refractivity contribution in [3.05, 3.63) is 66.2 Å². The lowest BCUT2D eigenvalue weighted by Crippen LogP contribution is -2.43. The van der Waals surface area contributed by atoms with Gasteiger partial charge >= 0.3 is 0 Å². The summed E-state index contributed by atoms with van der Waals surface area (Å²) in [5.41, 5.74) is 1.25. The molecule has 0 radical (unpaired) electrons. The van der Waals surface area contributed by atoms with Crippen molar-refractivity contribution in [1.29, 1.82) is 0 Å². The number of benzene rings is 2. The maximum Gasteiger partial charge on any atom is 0.240 e. The van der Waals surface area contributed by atoms with Crippen LogP contribution in [0.15, 0.2) is 65.6 Å². The zero-order chi connectivity index (χ0) is 18.6. The van der Waals surface area contributed by atoms with Crippen molar-refractivity contribution in [2.24, 2.45) is 5.92 Å². The lowest BCUT2D eigenvalue weighted by atomic mass is 10.0. The van der Waals surface area contributed by atoms with E-state index in [1.807, 2.05) is 38.4 Å². The Morgan fingerprint density at radius 1 is 1.00 bits per heavy atom. The normalized spacial score (nSPS) is 21.3. The molecule has 1 N–H and O–H groups in total. The number of hydrogen-bond donors (Lipinski definition) is 1. The Morgan fingerprint density at radius 2 is 1.62 bits per heavy atom. The number of rotatable bonds is 7. The van der Waals surface area contributed by atoms with E-state index in [9.17, 15) is 8.42 Å². The van der Waals surface area contributed by atoms with Gasteiger partial charge in [-0.1, -0.05) is 48.5 Å². The van der Waals surface area contributed by atoms with Crippen molar-refractivity contribution in [3.63, 3.8) is 0 Å². The molecule has 0 aromatic heterocycles. The van der Waals surface area contributed by atoms with Gasteiger partial charge in [-0.3, -0.25) is 4.90 Å². The second kappa shape index (κ2) is 8.31. The van der Waals surface area contributed by atoms with Crippen LogP contribution in [0.1, 0.15) is 5.56 Å². The molecule has 0 bridgehead atoms. The molecule has 1 saturated heterocycles. The fraction of sp³-hybridized carbons (Fsp3) is 0.400. The number of hydrogen-bond acceptors (Lipinski definition) is 4. The molecule has 2 atom stereocenters. The van der Waals surface area contributed by atoms with Gasteiger partial charge in [-0.15, -0.1) is 0 Å². The molecule has 3 rings (SSSR count). The van der Waals surface area contributed by atoms with E-state index in [4.69, 9.17) is 0 Å². The summed E-state index contributed by atoms with van der Waals surface area (Å²) >= 11 is 0. The van der Waals surface area contributed by atoms with Crippen LogP contribution in [-0.2, 0) is 16.6 Å². The van der Waals surface area contributed by atoms with Crippen molar-refractivity contribution < 1.29 is 8.42 Å². The van der Waals surface area contributed by atoms with Crippen molar-refractivity contribution >= 4 is 10.0 Å². The van der Waals surface area contributed by atoms with Gasteiger partial charge in [-0.25, -0.2) is 13.1 Å². The van der Waals surface area contributed by atoms with Gasteiger partial charge in [0.1, 0.15) is 0 Å². The summed E-state index contributed by atoms with van der Waals surface area (Å²) in [5, 5.41) is 0. The first-order chi connectivity index (χ1) is 12.4. The van der Waals surface area contributed by atoms with Crippen molar-refractivity contribution in [1.82, 2.24) is 14.5 Å². The van der Waals surface area contributed by atoms with Gasteiger partial charge < -0.3 is 4.90 Å². The van der Waals surface area contributed by atoms with Crippen LogP contribution in [0, 0.1) is 5.92 Å². The Hall–Kier alpha value is -1.73. The zero-order valence-electron chi connectivity index (χ0n) is 15.4. The van der Waals surface area contributed by atoms with Gasteiger partial charge in [0.2, 0.25) is 10.0 Å². The minimum Gasteiger partial charge on any atom is -0.309 e. The van der Waals surface area contributed by atoms with E-state index in [0.717, 1.165) is 26.2 Å². The SMILES string of the molecule is CN(C)C[C@@H]1CN(Cc2ccccc2)C[C@H]1NS(=O)(=O)c1ccccc1. The lowest BCUT2D eigenvalue weighted by Gasteiger charge is -2.22. The van der Waals surface area contributed by atoms with Gasteiger partial charge in [-0.2, -0.15) is 0 Å². The lowest BCUT2D eigenvalue weighted by molar-refractivity contribution is 0.283. The quantitative estimate of drug-likeness (QED) is 0.807. The van der Waals surface area contributed by atoms with Gasteiger partial charge in [0, 0.05) is 38.1 Å². The molecule has 0 spiro atoms. The average Bonchev–Trinajstić information content (AvgIpc) is 2.96. The highest BCUT2D eigenvalue weighted by Crippen LogP contribution is 2.22. The van der Waals surface area contributed by atoms with Gasteiger partial charge in [0.05, 0.1) is 4.90 Å². The van der Waals surface area contributed by atoms with Gasteiger partial charge in [-0.05, 0) is 31.8 Å². The van der Waals surface area contributed by atoms with Crippen LogP contribution in [0.4, 0.5) is 0 Å². The fourth-order valence-electron chi connectivity index (χ4n) is 3.59. The Kier molecular flexibility index (Phi) is 6.09. The first-order valence-corrected chi connectivity index (χ1v) is 10.4. The van der Waals surface area contributed by atoms with Crippen LogP contribution in [0.5, 0.6) is 0 Å². The van der Waals surface area contributed by atoms with Crippen LogP contribution in [0.25, 0.3) is 0 Å². The predicted octanol–water partition coefficient (Wildman–Crippen LogP) is 2.03. The Labute approximate surface area is 156 Å². The molecule has 1 heterocycles. The maximum atomic E-state index is 12.7. The van der Waals surface area contributed by atoms with E-state index < -0.39 is 10.0 Å². The smallest absolute Gasteiger partial charge is 0.240 e. The van der Waals surface area contributed by atoms with Crippen LogP contribution in [0.2, 0.25) is 0 Å². The number of likely N-dealkylation sites (tertiary alicyclic amines) is 1. The highest BCUT2D eigenvalue weighted by molar-refractivity contribution is 7.89. The van der Waals surface area contributed by atoms with E-state index in [1.54, 1.807) is 24.3 Å². The van der Waals surface area contributed by atoms with E-state index in [0.29, 0.717) is 4.90 Å². The molecule has 6 heteroatoms. The number of sulfonamides is 1. The third-order valence-corrected chi connectivity index (χ3v) is 6.23. The van der Waals surface area contributed by atoms with Crippen molar-refractivity contribution in [3.8, 4) is 0 Å². The van der Waals surface area contributed by atoms with Gasteiger partial charge in [0.15, 0.2) is 0 Å². The van der Waals surface area contributed by atoms with Crippen molar-refractivity contribution in [2.45, 2.75) is 17.5 Å². The molecule has 0 aliphatic carbocycles. The minimum atomic E-state index is -3.50. The summed E-state index contributed by atoms with van der Waals surface area (Å²) in [7, 11) is 0.557. The van der Waals surface area contributed by atoms with E-state index in [-0.39, 0.29) is 12.0 Å². The first-order valence-electron chi connectivity index (χ1n) is 8.92. The summed E-state index contributed by atoms with van der Waals surface area (Å²) in [6.45, 7) is 3.30. The zero-order valence-corrected chi connectivity index (χ0v) is 16.2. The first kappa shape index (κ1) is 19.0. The third kappa shape index (κ3) is 4.92. The Morgan fingerprint density at radius 3 is 2.23 bits per heavy atom. The summed E-state index contributed by atoms with van der Waals surface area (Å²) in [5.74, 6) is 0.257. The highest BCUT2D eigenvalue weighted by atomic mass is 32.2. The Bertz CT molecular complexity index is 794. The summed E-state index contributed by atoms with van der Waals surface area (Å²) < 4.78 is 28.4. The summed E-state index contributed by atoms with van der Waals surface area (Å²) in [6, 6.07) is 18.8. The minimum absolute atomic E-state index is 0.0914. The van der Waals surface area contributed by atoms with E-state index in [2.05, 4.69) is 26.7 Å². The van der Waals surface area contributed by atoms with Crippen molar-refractivity contribution in [2.75, 3.05) is 33.7 Å². The molecule has 0 amide bonds. The molecular formula is C20H27N3O2S. The average molecular weight is 374 g/mol. The Balaban J connectivity index is 1.73. The molecule has 1 aliphatic rings. The molecule has 5 nitrogen and oxygen atoms in total. The third-order valence-electron chi connectivity index (χ3n) is 4.73. The van der Waals surface area contributed by atoms with Crippen LogP contribution < -0.4 is 4.72 Å². The van der Waals surface area contributed by atoms with Gasteiger partial charge in [0.25, 0.3) is 0 Å². The molecule has 1 aliphatic heterocycles. The van der Waals surface area contributed by atoms with Crippen LogP contribution >= 0.6 is 0 Å². The standard InChI is InChI=1S/C20H27N3O2S/c1-22(2)14-18-15-23(13-17-9-5-3-6-10-17)16-20(18)21-26(24,25)19-11-7-4-8-12-19/h3-12,18,20-21H,13-16H2,1-2H3/t18-,20-/m1/s1. The molecule has 0 unspecified atom stereocenters. The molecule has 0 saturated carbocycles. The summed E-state index contributed by atoms with van der Waals surface area (Å²) in [4.78, 5) is 4.78. The monoisotopic (exact) mass is 373 g/mol. The molecule has 140 valence electrons. The fourth-order valence-corrected chi connectivity index (χ4v) is 4.90. The second-order valence-corrected chi connectivity index (χ2v) is 8.96. The van der Waals surface area contributed by atoms with E-state index >= 15 is 0 Å². The largest absolute Gasteiger partial charge is 0.309 e. The van der Waals surface area contributed by atoms with Crippen LogP contribution in [0.3, 0.4) is 0 Å². The number of nitrogens with one attached hydrogen (secondary N) is 1. The van der Waals surface area contributed by atoms with Crippen LogP contribution in [-0.4, -0.2) is 58.0 Å². The molecule has 1 fully saturated rings. The highest BCUT2D eigenvalue weighted by Gasteiger charge is 2.35. The molecule has 2 aromatic carbocycles. The van der Waals surface area contributed by atoms with E-state index in [1.165, 1.54) is 5.56 Å². The molecular weight excluding hydrogens is 346 g/mol. The topological polar surface area (TPSA) is 52.6 Å². The summed E-state index contributed by atoms with van der Waals surface area (Å²) in [6.07, 6.45) is 0. The molecule has 2 aromatic rings. The molecule has 26 heavy (non-hydrogen) atoms.